The van der Waals surface area contributed by atoms with E-state index in [9.17, 15) is 0 Å². The molecule has 1 aliphatic rings. The lowest BCUT2D eigenvalue weighted by atomic mass is 10.4. The van der Waals surface area contributed by atoms with Gasteiger partial charge >= 0.3 is 0 Å². The van der Waals surface area contributed by atoms with Gasteiger partial charge in [0.15, 0.2) is 0 Å². The second-order valence-electron chi connectivity index (χ2n) is 4.26. The number of hydrogen-bond acceptors (Lipinski definition) is 8. The van der Waals surface area contributed by atoms with Gasteiger partial charge in [-0.05, 0) is 0 Å². The van der Waals surface area contributed by atoms with Gasteiger partial charge in [-0.3, -0.25) is 0 Å². The first kappa shape index (κ1) is 12.2. The van der Waals surface area contributed by atoms with Gasteiger partial charge in [0, 0.05) is 24.1 Å². The fraction of sp³-hybridized carbons (Fsp3) is 0.500. The molecule has 100 valence electrons. The number of thioether (sulfide) groups is 1. The maximum absolute atomic E-state index is 5.75. The van der Waals surface area contributed by atoms with Gasteiger partial charge in [-0.1, -0.05) is 6.92 Å². The van der Waals surface area contributed by atoms with Crippen LogP contribution in [0.5, 0.6) is 0 Å². The lowest BCUT2D eigenvalue weighted by Crippen LogP contribution is -2.38. The van der Waals surface area contributed by atoms with Crippen molar-refractivity contribution in [3.05, 3.63) is 12.7 Å². The summed E-state index contributed by atoms with van der Waals surface area (Å²) in [7, 11) is 0. The number of nitrogens with zero attached hydrogens (tertiary/aromatic N) is 7. The minimum absolute atomic E-state index is 0.196. The normalized spacial score (nSPS) is 19.6. The Labute approximate surface area is 114 Å². The first-order chi connectivity index (χ1) is 9.22. The Bertz CT molecular complexity index is 557. The molecule has 9 heteroatoms. The van der Waals surface area contributed by atoms with Crippen LogP contribution in [-0.4, -0.2) is 53.8 Å². The molecule has 0 spiro atoms. The molecule has 2 aromatic heterocycles. The lowest BCUT2D eigenvalue weighted by molar-refractivity contribution is 0.731. The molecule has 0 amide bonds. The fourth-order valence-corrected chi connectivity index (χ4v) is 2.94. The molecular weight excluding hydrogens is 264 g/mol. The first-order valence-corrected chi connectivity index (χ1v) is 7.00. The molecule has 2 aromatic rings. The number of nitrogen functional groups attached to an aromatic ring is 1. The molecule has 8 nitrogen and oxygen atoms in total. The van der Waals surface area contributed by atoms with Crippen molar-refractivity contribution in [2.45, 2.75) is 12.2 Å². The van der Waals surface area contributed by atoms with E-state index >= 15 is 0 Å². The van der Waals surface area contributed by atoms with Gasteiger partial charge in [0.2, 0.25) is 11.9 Å². The standard InChI is InChI=1S/C10H14N8S/c1-7-4-17(2-3-19-7)9-14-8(11)15-10(16-9)18-6-12-5-13-18/h5-7H,2-4H2,1H3,(H2,11,14,15,16). The summed E-state index contributed by atoms with van der Waals surface area (Å²) >= 11 is 1.95. The third kappa shape index (κ3) is 2.60. The monoisotopic (exact) mass is 278 g/mol. The van der Waals surface area contributed by atoms with Gasteiger partial charge in [-0.2, -0.15) is 36.5 Å². The predicted molar refractivity (Wildman–Crippen MR) is 73.3 cm³/mol. The van der Waals surface area contributed by atoms with Gasteiger partial charge in [-0.15, -0.1) is 0 Å². The molecule has 3 heterocycles. The van der Waals surface area contributed by atoms with E-state index in [0.717, 1.165) is 18.8 Å². The van der Waals surface area contributed by atoms with E-state index in [-0.39, 0.29) is 5.95 Å². The van der Waals surface area contributed by atoms with E-state index in [1.807, 2.05) is 11.8 Å². The van der Waals surface area contributed by atoms with Crippen LogP contribution < -0.4 is 10.6 Å². The van der Waals surface area contributed by atoms with E-state index in [0.29, 0.717) is 17.1 Å². The molecule has 0 bridgehead atoms. The van der Waals surface area contributed by atoms with Crippen molar-refractivity contribution in [1.82, 2.24) is 29.7 Å². The maximum atomic E-state index is 5.75. The zero-order chi connectivity index (χ0) is 13.2. The van der Waals surface area contributed by atoms with Crippen molar-refractivity contribution < 1.29 is 0 Å². The van der Waals surface area contributed by atoms with Gasteiger partial charge in [0.1, 0.15) is 12.7 Å². The molecule has 2 N–H and O–H groups in total. The maximum Gasteiger partial charge on any atom is 0.258 e. The fourth-order valence-electron chi connectivity index (χ4n) is 1.92. The summed E-state index contributed by atoms with van der Waals surface area (Å²) in [5, 5.41) is 4.56. The molecular formula is C10H14N8S. The molecule has 1 saturated heterocycles. The topological polar surface area (TPSA) is 98.6 Å². The second-order valence-corrected chi connectivity index (χ2v) is 5.81. The highest BCUT2D eigenvalue weighted by molar-refractivity contribution is 8.00. The van der Waals surface area contributed by atoms with Crippen molar-refractivity contribution in [3.63, 3.8) is 0 Å². The Morgan fingerprint density at radius 3 is 2.89 bits per heavy atom. The molecule has 1 atom stereocenters. The molecule has 0 aliphatic carbocycles. The number of nitrogens with two attached hydrogens (primary N) is 1. The lowest BCUT2D eigenvalue weighted by Gasteiger charge is -2.30. The molecule has 0 radical (unpaired) electrons. The second kappa shape index (κ2) is 5.00. The molecule has 19 heavy (non-hydrogen) atoms. The summed E-state index contributed by atoms with van der Waals surface area (Å²) in [6.07, 6.45) is 2.96. The Morgan fingerprint density at radius 2 is 2.16 bits per heavy atom. The van der Waals surface area contributed by atoms with Crippen LogP contribution in [0, 0.1) is 0 Å². The first-order valence-electron chi connectivity index (χ1n) is 5.95. The van der Waals surface area contributed by atoms with Crippen LogP contribution in [0.1, 0.15) is 6.92 Å². The quantitative estimate of drug-likeness (QED) is 0.818. The molecule has 1 aliphatic heterocycles. The Hall–Kier alpha value is -1.90. The zero-order valence-corrected chi connectivity index (χ0v) is 11.3. The van der Waals surface area contributed by atoms with Crippen molar-refractivity contribution in [2.24, 2.45) is 0 Å². The van der Waals surface area contributed by atoms with E-state index < -0.39 is 0 Å². The highest BCUT2D eigenvalue weighted by Crippen LogP contribution is 2.21. The molecule has 1 fully saturated rings. The van der Waals surface area contributed by atoms with Gasteiger partial charge in [0.05, 0.1) is 0 Å². The minimum Gasteiger partial charge on any atom is -0.368 e. The Balaban J connectivity index is 1.93. The van der Waals surface area contributed by atoms with E-state index in [1.165, 1.54) is 17.3 Å². The van der Waals surface area contributed by atoms with E-state index in [4.69, 9.17) is 5.73 Å². The van der Waals surface area contributed by atoms with Gasteiger partial charge in [-0.25, -0.2) is 4.98 Å². The van der Waals surface area contributed by atoms with E-state index in [2.05, 4.69) is 36.9 Å². The van der Waals surface area contributed by atoms with Crippen molar-refractivity contribution in [3.8, 4) is 5.95 Å². The predicted octanol–water partition coefficient (Wildman–Crippen LogP) is -0.0238. The molecule has 0 aromatic carbocycles. The summed E-state index contributed by atoms with van der Waals surface area (Å²) in [5.74, 6) is 2.25. The highest BCUT2D eigenvalue weighted by atomic mass is 32.2. The number of anilines is 2. The van der Waals surface area contributed by atoms with Crippen LogP contribution in [-0.2, 0) is 0 Å². The SMILES string of the molecule is CC1CN(c2nc(N)nc(-n3cncn3)n2)CCS1. The largest absolute Gasteiger partial charge is 0.368 e. The third-order valence-corrected chi connectivity index (χ3v) is 3.91. The average molecular weight is 278 g/mol. The van der Waals surface area contributed by atoms with Crippen molar-refractivity contribution >= 4 is 23.7 Å². The van der Waals surface area contributed by atoms with Crippen LogP contribution in [0.15, 0.2) is 12.7 Å². The Morgan fingerprint density at radius 1 is 1.32 bits per heavy atom. The number of rotatable bonds is 2. The number of aromatic nitrogens is 6. The molecule has 0 saturated carbocycles. The van der Waals surface area contributed by atoms with Crippen molar-refractivity contribution in [2.75, 3.05) is 29.5 Å². The summed E-state index contributed by atoms with van der Waals surface area (Å²) in [5.41, 5.74) is 5.75. The van der Waals surface area contributed by atoms with Crippen molar-refractivity contribution in [1.29, 1.82) is 0 Å². The summed E-state index contributed by atoms with van der Waals surface area (Å²) < 4.78 is 1.48. The third-order valence-electron chi connectivity index (χ3n) is 2.78. The summed E-state index contributed by atoms with van der Waals surface area (Å²) in [6.45, 7) is 4.01. The molecule has 1 unspecified atom stereocenters. The average Bonchev–Trinajstić information content (AvgIpc) is 2.92. The summed E-state index contributed by atoms with van der Waals surface area (Å²) in [6, 6.07) is 0. The van der Waals surface area contributed by atoms with Crippen LogP contribution in [0.4, 0.5) is 11.9 Å². The van der Waals surface area contributed by atoms with Crippen LogP contribution in [0.25, 0.3) is 5.95 Å². The summed E-state index contributed by atoms with van der Waals surface area (Å²) in [4.78, 5) is 18.7. The van der Waals surface area contributed by atoms with Gasteiger partial charge < -0.3 is 10.6 Å². The van der Waals surface area contributed by atoms with E-state index in [1.54, 1.807) is 0 Å². The van der Waals surface area contributed by atoms with Crippen LogP contribution in [0.3, 0.4) is 0 Å². The number of hydrogen-bond donors (Lipinski definition) is 1. The Kier molecular flexibility index (Phi) is 3.20. The molecule has 3 rings (SSSR count). The smallest absolute Gasteiger partial charge is 0.258 e. The highest BCUT2D eigenvalue weighted by Gasteiger charge is 2.20. The van der Waals surface area contributed by atoms with Gasteiger partial charge in [0.25, 0.3) is 5.95 Å². The van der Waals surface area contributed by atoms with Crippen LogP contribution in [0.2, 0.25) is 0 Å². The minimum atomic E-state index is 0.196. The zero-order valence-electron chi connectivity index (χ0n) is 10.5. The van der Waals surface area contributed by atoms with Crippen LogP contribution >= 0.6 is 11.8 Å².